The van der Waals surface area contributed by atoms with E-state index < -0.39 is 0 Å². The zero-order valence-corrected chi connectivity index (χ0v) is 20.7. The highest BCUT2D eigenvalue weighted by atomic mass is 16.5. The standard InChI is InChI=1S/C26H34N6O2/c1-17-12-19(21-8-10-28-15-22(21)32-11-9-18(16-32)13-27-5)6-7-20(17)14-29-24(33)23-30-25(34-31-23)26(2,3)4/h6-8,10,12,15,18,27H,9,11,13-14,16H2,1-5H3,(H,29,33). The number of aromatic nitrogens is 3. The third kappa shape index (κ3) is 5.28. The Bertz CT molecular complexity index is 1150. The maximum atomic E-state index is 12.5. The Morgan fingerprint density at radius 2 is 2.09 bits per heavy atom. The number of amides is 1. The Labute approximate surface area is 201 Å². The summed E-state index contributed by atoms with van der Waals surface area (Å²) in [4.78, 5) is 23.6. The molecule has 1 aliphatic heterocycles. The van der Waals surface area contributed by atoms with Crippen molar-refractivity contribution in [2.75, 3.05) is 31.6 Å². The summed E-state index contributed by atoms with van der Waals surface area (Å²) in [7, 11) is 2.01. The average molecular weight is 463 g/mol. The fourth-order valence-electron chi connectivity index (χ4n) is 4.33. The molecule has 34 heavy (non-hydrogen) atoms. The van der Waals surface area contributed by atoms with Gasteiger partial charge in [-0.1, -0.05) is 44.1 Å². The van der Waals surface area contributed by atoms with Crippen LogP contribution in [0.3, 0.4) is 0 Å². The third-order valence-electron chi connectivity index (χ3n) is 6.28. The molecule has 1 atom stereocenters. The van der Waals surface area contributed by atoms with E-state index in [1.807, 2.05) is 40.2 Å². The van der Waals surface area contributed by atoms with E-state index >= 15 is 0 Å². The predicted octanol–water partition coefficient (Wildman–Crippen LogP) is 3.71. The van der Waals surface area contributed by atoms with Crippen LogP contribution in [-0.4, -0.2) is 47.7 Å². The van der Waals surface area contributed by atoms with Gasteiger partial charge in [-0.3, -0.25) is 9.78 Å². The second-order valence-electron chi connectivity index (χ2n) is 10.0. The maximum absolute atomic E-state index is 12.5. The van der Waals surface area contributed by atoms with Crippen molar-refractivity contribution >= 4 is 11.6 Å². The van der Waals surface area contributed by atoms with E-state index in [-0.39, 0.29) is 17.1 Å². The number of anilines is 1. The minimum atomic E-state index is -0.343. The van der Waals surface area contributed by atoms with E-state index in [1.165, 1.54) is 17.7 Å². The van der Waals surface area contributed by atoms with Gasteiger partial charge in [0.15, 0.2) is 0 Å². The first kappa shape index (κ1) is 23.9. The number of aryl methyl sites for hydroxylation is 1. The van der Waals surface area contributed by atoms with E-state index in [0.29, 0.717) is 18.4 Å². The Kier molecular flexibility index (Phi) is 6.97. The lowest BCUT2D eigenvalue weighted by atomic mass is 9.97. The van der Waals surface area contributed by atoms with Gasteiger partial charge in [0, 0.05) is 36.8 Å². The topological polar surface area (TPSA) is 96.2 Å². The zero-order chi connectivity index (χ0) is 24.3. The van der Waals surface area contributed by atoms with Crippen LogP contribution in [-0.2, 0) is 12.0 Å². The molecule has 1 saturated heterocycles. The minimum absolute atomic E-state index is 0.0582. The van der Waals surface area contributed by atoms with Crippen LogP contribution < -0.4 is 15.5 Å². The van der Waals surface area contributed by atoms with E-state index in [4.69, 9.17) is 4.52 Å². The fourth-order valence-corrected chi connectivity index (χ4v) is 4.33. The number of carbonyl (C=O) groups excluding carboxylic acids is 1. The van der Waals surface area contributed by atoms with Crippen LogP contribution in [0.4, 0.5) is 5.69 Å². The number of nitrogens with one attached hydrogen (secondary N) is 2. The van der Waals surface area contributed by atoms with Crippen molar-refractivity contribution in [3.05, 3.63) is 59.5 Å². The molecule has 2 aromatic heterocycles. The van der Waals surface area contributed by atoms with E-state index in [2.05, 4.69) is 61.8 Å². The molecule has 4 rings (SSSR count). The Balaban J connectivity index is 1.46. The van der Waals surface area contributed by atoms with Crippen LogP contribution in [0.5, 0.6) is 0 Å². The lowest BCUT2D eigenvalue weighted by molar-refractivity contribution is 0.0937. The molecule has 2 N–H and O–H groups in total. The summed E-state index contributed by atoms with van der Waals surface area (Å²) in [5.74, 6) is 0.818. The summed E-state index contributed by atoms with van der Waals surface area (Å²) in [6, 6.07) is 8.44. The highest BCUT2D eigenvalue weighted by Crippen LogP contribution is 2.34. The molecule has 0 radical (unpaired) electrons. The van der Waals surface area contributed by atoms with Gasteiger partial charge in [-0.05, 0) is 55.6 Å². The molecule has 1 aliphatic rings. The predicted molar refractivity (Wildman–Crippen MR) is 133 cm³/mol. The van der Waals surface area contributed by atoms with Crippen molar-refractivity contribution < 1.29 is 9.32 Å². The quantitative estimate of drug-likeness (QED) is 0.552. The minimum Gasteiger partial charge on any atom is -0.369 e. The molecule has 1 unspecified atom stereocenters. The second kappa shape index (κ2) is 9.93. The number of hydrogen-bond donors (Lipinski definition) is 2. The molecule has 3 heterocycles. The molecule has 1 amide bonds. The van der Waals surface area contributed by atoms with E-state index in [0.717, 1.165) is 36.3 Å². The van der Waals surface area contributed by atoms with E-state index in [9.17, 15) is 4.79 Å². The Morgan fingerprint density at radius 1 is 1.26 bits per heavy atom. The summed E-state index contributed by atoms with van der Waals surface area (Å²) in [6.45, 7) is 11.5. The van der Waals surface area contributed by atoms with Crippen LogP contribution in [0.25, 0.3) is 11.1 Å². The van der Waals surface area contributed by atoms with E-state index in [1.54, 1.807) is 0 Å². The van der Waals surface area contributed by atoms with Gasteiger partial charge < -0.3 is 20.1 Å². The smallest absolute Gasteiger partial charge is 0.292 e. The first-order valence-electron chi connectivity index (χ1n) is 11.8. The van der Waals surface area contributed by atoms with Crippen molar-refractivity contribution in [1.29, 1.82) is 0 Å². The molecule has 0 bridgehead atoms. The van der Waals surface area contributed by atoms with Crippen LogP contribution in [0.2, 0.25) is 0 Å². The first-order valence-corrected chi connectivity index (χ1v) is 11.8. The van der Waals surface area contributed by atoms with Gasteiger partial charge in [0.2, 0.25) is 5.89 Å². The van der Waals surface area contributed by atoms with Gasteiger partial charge in [-0.15, -0.1) is 0 Å². The highest BCUT2D eigenvalue weighted by molar-refractivity contribution is 5.90. The van der Waals surface area contributed by atoms with Crippen LogP contribution in [0.15, 0.2) is 41.2 Å². The summed E-state index contributed by atoms with van der Waals surface area (Å²) in [5.41, 5.74) is 5.36. The molecule has 1 fully saturated rings. The summed E-state index contributed by atoms with van der Waals surface area (Å²) >= 11 is 0. The van der Waals surface area contributed by atoms with Crippen molar-refractivity contribution in [2.24, 2.45) is 5.92 Å². The van der Waals surface area contributed by atoms with Crippen molar-refractivity contribution in [3.63, 3.8) is 0 Å². The molecule has 1 aromatic carbocycles. The van der Waals surface area contributed by atoms with Crippen LogP contribution >= 0.6 is 0 Å². The van der Waals surface area contributed by atoms with Crippen molar-refractivity contribution in [3.8, 4) is 11.1 Å². The van der Waals surface area contributed by atoms with Gasteiger partial charge in [0.25, 0.3) is 11.7 Å². The molecular weight excluding hydrogens is 428 g/mol. The number of carbonyl (C=O) groups is 1. The lowest BCUT2D eigenvalue weighted by Crippen LogP contribution is -2.25. The molecule has 180 valence electrons. The molecule has 0 saturated carbocycles. The third-order valence-corrected chi connectivity index (χ3v) is 6.28. The number of nitrogens with zero attached hydrogens (tertiary/aromatic N) is 4. The zero-order valence-electron chi connectivity index (χ0n) is 20.7. The number of rotatable bonds is 7. The largest absolute Gasteiger partial charge is 0.369 e. The van der Waals surface area contributed by atoms with Crippen molar-refractivity contribution in [1.82, 2.24) is 25.8 Å². The molecule has 0 aliphatic carbocycles. The number of hydrogen-bond acceptors (Lipinski definition) is 7. The summed E-state index contributed by atoms with van der Waals surface area (Å²) in [5, 5.41) is 10.0. The molecule has 8 heteroatoms. The van der Waals surface area contributed by atoms with Crippen molar-refractivity contribution in [2.45, 2.75) is 46.1 Å². The summed E-state index contributed by atoms with van der Waals surface area (Å²) in [6.07, 6.45) is 5.00. The molecular formula is C26H34N6O2. The normalized spacial score (nSPS) is 16.1. The Morgan fingerprint density at radius 3 is 2.79 bits per heavy atom. The monoisotopic (exact) mass is 462 g/mol. The molecule has 8 nitrogen and oxygen atoms in total. The molecule has 0 spiro atoms. The Hall–Kier alpha value is -3.26. The molecule has 3 aromatic rings. The van der Waals surface area contributed by atoms with Crippen LogP contribution in [0, 0.1) is 12.8 Å². The lowest BCUT2D eigenvalue weighted by Gasteiger charge is -2.22. The SMILES string of the molecule is CNCC1CCN(c2cnccc2-c2ccc(CNC(=O)c3noc(C(C)(C)C)n3)c(C)c2)C1. The van der Waals surface area contributed by atoms with Gasteiger partial charge in [0.05, 0.1) is 11.9 Å². The van der Waals surface area contributed by atoms with Crippen LogP contribution in [0.1, 0.15) is 54.8 Å². The van der Waals surface area contributed by atoms with Gasteiger partial charge in [0.1, 0.15) is 0 Å². The summed E-state index contributed by atoms with van der Waals surface area (Å²) < 4.78 is 5.23. The van der Waals surface area contributed by atoms with Gasteiger partial charge in [-0.2, -0.15) is 4.98 Å². The van der Waals surface area contributed by atoms with Gasteiger partial charge >= 0.3 is 0 Å². The first-order chi connectivity index (χ1) is 16.3. The van der Waals surface area contributed by atoms with Gasteiger partial charge in [-0.25, -0.2) is 0 Å². The second-order valence-corrected chi connectivity index (χ2v) is 10.0. The maximum Gasteiger partial charge on any atom is 0.292 e. The highest BCUT2D eigenvalue weighted by Gasteiger charge is 2.25. The average Bonchev–Trinajstić information content (AvgIpc) is 3.48. The number of benzene rings is 1. The number of pyridine rings is 1. The fraction of sp³-hybridized carbons (Fsp3) is 0.462.